The number of hydrogen-bond acceptors (Lipinski definition) is 2. The standard InChI is InChI=1S/C17H14N2O/c1-19(13-14-8-4-2-5-9-14)16(12-18)17(20)15-10-6-3-7-11-15/h2-11,13H,1H3/p+1/b17-16-,19-13?. The van der Waals surface area contributed by atoms with Gasteiger partial charge in [0.2, 0.25) is 5.76 Å². The van der Waals surface area contributed by atoms with Crippen LogP contribution in [-0.2, 0) is 0 Å². The van der Waals surface area contributed by atoms with Gasteiger partial charge in [-0.15, -0.1) is 0 Å². The lowest BCUT2D eigenvalue weighted by Crippen LogP contribution is -2.09. The first-order valence-corrected chi connectivity index (χ1v) is 6.24. The zero-order valence-electron chi connectivity index (χ0n) is 11.2. The molecule has 0 amide bonds. The van der Waals surface area contributed by atoms with E-state index in [0.29, 0.717) is 5.56 Å². The van der Waals surface area contributed by atoms with Crippen LogP contribution in [0.15, 0.2) is 66.4 Å². The van der Waals surface area contributed by atoms with Gasteiger partial charge in [-0.3, -0.25) is 0 Å². The largest absolute Gasteiger partial charge is 0.501 e. The van der Waals surface area contributed by atoms with Crippen LogP contribution < -0.4 is 0 Å². The number of aliphatic hydroxyl groups is 1. The van der Waals surface area contributed by atoms with Crippen LogP contribution in [0.1, 0.15) is 11.1 Å². The Morgan fingerprint density at radius 2 is 1.60 bits per heavy atom. The summed E-state index contributed by atoms with van der Waals surface area (Å²) >= 11 is 0. The molecular formula is C17H15N2O+. The summed E-state index contributed by atoms with van der Waals surface area (Å²) in [5.41, 5.74) is 1.79. The second kappa shape index (κ2) is 6.35. The first kappa shape index (κ1) is 13.6. The Bertz CT molecular complexity index is 680. The minimum atomic E-state index is -0.0252. The minimum absolute atomic E-state index is 0.0252. The fourth-order valence-electron chi connectivity index (χ4n) is 1.86. The first-order chi connectivity index (χ1) is 9.72. The summed E-state index contributed by atoms with van der Waals surface area (Å²) in [6.45, 7) is 0. The molecule has 0 aromatic heterocycles. The van der Waals surface area contributed by atoms with Crippen LogP contribution in [0.5, 0.6) is 0 Å². The number of aliphatic hydroxyl groups excluding tert-OH is 1. The van der Waals surface area contributed by atoms with E-state index in [2.05, 4.69) is 0 Å². The van der Waals surface area contributed by atoms with E-state index in [1.165, 1.54) is 0 Å². The molecule has 0 heterocycles. The molecule has 0 aliphatic heterocycles. The van der Waals surface area contributed by atoms with Gasteiger partial charge >= 0.3 is 5.70 Å². The molecule has 2 aromatic carbocycles. The monoisotopic (exact) mass is 263 g/mol. The first-order valence-electron chi connectivity index (χ1n) is 6.24. The lowest BCUT2D eigenvalue weighted by molar-refractivity contribution is -0.431. The highest BCUT2D eigenvalue weighted by atomic mass is 16.3. The van der Waals surface area contributed by atoms with Crippen molar-refractivity contribution in [3.8, 4) is 6.07 Å². The predicted molar refractivity (Wildman–Crippen MR) is 79.4 cm³/mol. The lowest BCUT2D eigenvalue weighted by atomic mass is 10.1. The van der Waals surface area contributed by atoms with Crippen molar-refractivity contribution in [2.24, 2.45) is 0 Å². The fourth-order valence-corrected chi connectivity index (χ4v) is 1.86. The second-order valence-corrected chi connectivity index (χ2v) is 4.33. The fraction of sp³-hybridized carbons (Fsp3) is 0.0588. The summed E-state index contributed by atoms with van der Waals surface area (Å²) in [5.74, 6) is -0.0252. The third kappa shape index (κ3) is 3.12. The van der Waals surface area contributed by atoms with Crippen molar-refractivity contribution in [2.75, 3.05) is 7.05 Å². The van der Waals surface area contributed by atoms with E-state index in [9.17, 15) is 10.4 Å². The van der Waals surface area contributed by atoms with Crippen molar-refractivity contribution >= 4 is 12.0 Å². The van der Waals surface area contributed by atoms with Crippen molar-refractivity contribution in [1.82, 2.24) is 0 Å². The van der Waals surface area contributed by atoms with Crippen LogP contribution in [0, 0.1) is 11.3 Å². The molecule has 0 saturated carbocycles. The molecule has 2 aromatic rings. The minimum Gasteiger partial charge on any atom is -0.501 e. The molecular weight excluding hydrogens is 248 g/mol. The molecule has 0 radical (unpaired) electrons. The maximum atomic E-state index is 10.2. The zero-order chi connectivity index (χ0) is 14.4. The lowest BCUT2D eigenvalue weighted by Gasteiger charge is -2.00. The van der Waals surface area contributed by atoms with Crippen LogP contribution in [0.25, 0.3) is 5.76 Å². The number of nitrogens with zero attached hydrogens (tertiary/aromatic N) is 2. The highest BCUT2D eigenvalue weighted by Crippen LogP contribution is 2.15. The SMILES string of the molecule is C[N+](=Cc1ccccc1)/C(C#N)=C(\O)c1ccccc1. The molecule has 0 aliphatic carbocycles. The summed E-state index contributed by atoms with van der Waals surface area (Å²) < 4.78 is 1.62. The molecule has 2 rings (SSSR count). The summed E-state index contributed by atoms with van der Waals surface area (Å²) in [5, 5.41) is 19.5. The van der Waals surface area contributed by atoms with Gasteiger partial charge in [0, 0.05) is 11.1 Å². The second-order valence-electron chi connectivity index (χ2n) is 4.33. The third-order valence-corrected chi connectivity index (χ3v) is 2.87. The van der Waals surface area contributed by atoms with Crippen molar-refractivity contribution < 1.29 is 9.68 Å². The van der Waals surface area contributed by atoms with Gasteiger partial charge in [0.05, 0.1) is 0 Å². The average Bonchev–Trinajstić information content (AvgIpc) is 2.49. The Balaban J connectivity index is 2.43. The van der Waals surface area contributed by atoms with E-state index < -0.39 is 0 Å². The van der Waals surface area contributed by atoms with Gasteiger partial charge in [-0.25, -0.2) is 0 Å². The maximum absolute atomic E-state index is 10.2. The summed E-state index contributed by atoms with van der Waals surface area (Å²) in [4.78, 5) is 0. The molecule has 0 saturated heterocycles. The topological polar surface area (TPSA) is 47.0 Å². The van der Waals surface area contributed by atoms with Crippen LogP contribution in [0.3, 0.4) is 0 Å². The van der Waals surface area contributed by atoms with Crippen molar-refractivity contribution in [3.05, 3.63) is 77.5 Å². The molecule has 3 nitrogen and oxygen atoms in total. The van der Waals surface area contributed by atoms with Gasteiger partial charge < -0.3 is 5.11 Å². The number of hydrogen-bond donors (Lipinski definition) is 1. The average molecular weight is 263 g/mol. The molecule has 20 heavy (non-hydrogen) atoms. The van der Waals surface area contributed by atoms with Gasteiger partial charge in [0.25, 0.3) is 0 Å². The van der Waals surface area contributed by atoms with Gasteiger partial charge in [0.15, 0.2) is 12.3 Å². The molecule has 0 spiro atoms. The normalized spacial score (nSPS) is 12.5. The molecule has 0 bridgehead atoms. The molecule has 0 aliphatic rings. The number of rotatable bonds is 3. The molecule has 1 N–H and O–H groups in total. The van der Waals surface area contributed by atoms with Crippen LogP contribution in [0.4, 0.5) is 0 Å². The Morgan fingerprint density at radius 1 is 1.05 bits per heavy atom. The van der Waals surface area contributed by atoms with E-state index in [-0.39, 0.29) is 11.5 Å². The van der Waals surface area contributed by atoms with Crippen LogP contribution in [-0.4, -0.2) is 22.9 Å². The summed E-state index contributed by atoms with van der Waals surface area (Å²) in [6.07, 6.45) is 1.80. The Labute approximate surface area is 118 Å². The van der Waals surface area contributed by atoms with Crippen molar-refractivity contribution in [1.29, 1.82) is 5.26 Å². The molecule has 0 fully saturated rings. The van der Waals surface area contributed by atoms with Crippen molar-refractivity contribution in [2.45, 2.75) is 0 Å². The van der Waals surface area contributed by atoms with Gasteiger partial charge in [-0.05, 0) is 12.1 Å². The van der Waals surface area contributed by atoms with E-state index in [4.69, 9.17) is 0 Å². The quantitative estimate of drug-likeness (QED) is 0.400. The van der Waals surface area contributed by atoms with Crippen molar-refractivity contribution in [3.63, 3.8) is 0 Å². The Hall–Kier alpha value is -2.86. The maximum Gasteiger partial charge on any atom is 0.325 e. The molecule has 0 atom stereocenters. The summed E-state index contributed by atoms with van der Waals surface area (Å²) in [7, 11) is 1.74. The van der Waals surface area contributed by atoms with E-state index in [1.807, 2.05) is 54.6 Å². The molecule has 3 heteroatoms. The van der Waals surface area contributed by atoms with Gasteiger partial charge in [0.1, 0.15) is 7.05 Å². The number of benzene rings is 2. The molecule has 98 valence electrons. The Morgan fingerprint density at radius 3 is 2.15 bits per heavy atom. The smallest absolute Gasteiger partial charge is 0.325 e. The molecule has 0 unspecified atom stereocenters. The third-order valence-electron chi connectivity index (χ3n) is 2.87. The summed E-state index contributed by atoms with van der Waals surface area (Å²) in [6, 6.07) is 20.7. The van der Waals surface area contributed by atoms with E-state index in [1.54, 1.807) is 30.0 Å². The highest BCUT2D eigenvalue weighted by Gasteiger charge is 2.16. The van der Waals surface area contributed by atoms with E-state index in [0.717, 1.165) is 5.56 Å². The van der Waals surface area contributed by atoms with Gasteiger partial charge in [-0.1, -0.05) is 48.5 Å². The van der Waals surface area contributed by atoms with Crippen LogP contribution >= 0.6 is 0 Å². The zero-order valence-corrected chi connectivity index (χ0v) is 11.2. The number of allylic oxidation sites excluding steroid dienone is 1. The predicted octanol–water partition coefficient (Wildman–Crippen LogP) is 3.20. The highest BCUT2D eigenvalue weighted by molar-refractivity contribution is 5.76. The number of nitriles is 1. The van der Waals surface area contributed by atoms with Gasteiger partial charge in [-0.2, -0.15) is 9.84 Å². The Kier molecular flexibility index (Phi) is 4.31. The van der Waals surface area contributed by atoms with Crippen LogP contribution in [0.2, 0.25) is 0 Å². The van der Waals surface area contributed by atoms with E-state index >= 15 is 0 Å².